The molecule has 3 nitrogen and oxygen atoms in total. The van der Waals surface area contributed by atoms with E-state index in [1.165, 1.54) is 25.7 Å². The van der Waals surface area contributed by atoms with Gasteiger partial charge in [0.2, 0.25) is 0 Å². The van der Waals surface area contributed by atoms with Gasteiger partial charge in [-0.1, -0.05) is 25.6 Å². The second-order valence-electron chi connectivity index (χ2n) is 4.86. The molecule has 4 heteroatoms. The Hall–Kier alpha value is -1.16. The van der Waals surface area contributed by atoms with Crippen molar-refractivity contribution in [3.8, 4) is 0 Å². The van der Waals surface area contributed by atoms with E-state index in [0.29, 0.717) is 16.1 Å². The average molecular weight is 249 g/mol. The lowest BCUT2D eigenvalue weighted by molar-refractivity contribution is 0.145. The summed E-state index contributed by atoms with van der Waals surface area (Å²) in [7, 11) is 0. The summed E-state index contributed by atoms with van der Waals surface area (Å²) < 4.78 is 0. The lowest BCUT2D eigenvalue weighted by atomic mass is 9.67. The minimum absolute atomic E-state index is 0.348. The molecule has 0 bridgehead atoms. The number of nitrogens with one attached hydrogen (secondary N) is 1. The molecule has 0 radical (unpaired) electrons. The van der Waals surface area contributed by atoms with Gasteiger partial charge in [0, 0.05) is 6.54 Å². The number of aromatic nitrogens is 1. The third-order valence-corrected chi connectivity index (χ3v) is 4.06. The monoisotopic (exact) mass is 249 g/mol. The van der Waals surface area contributed by atoms with Crippen molar-refractivity contribution in [1.82, 2.24) is 4.98 Å². The highest BCUT2D eigenvalue weighted by atomic mass is 32.1. The van der Waals surface area contributed by atoms with E-state index in [4.69, 9.17) is 18.0 Å². The molecule has 1 fully saturated rings. The van der Waals surface area contributed by atoms with Gasteiger partial charge in [-0.25, -0.2) is 0 Å². The first-order valence-electron chi connectivity index (χ1n) is 6.15. The molecule has 1 aliphatic rings. The van der Waals surface area contributed by atoms with Crippen molar-refractivity contribution < 1.29 is 0 Å². The van der Waals surface area contributed by atoms with E-state index in [-0.39, 0.29) is 0 Å². The molecule has 0 spiro atoms. The molecule has 0 atom stereocenters. The smallest absolute Gasteiger partial charge is 0.122 e. The predicted octanol–water partition coefficient (Wildman–Crippen LogP) is 2.71. The fourth-order valence-electron chi connectivity index (χ4n) is 2.27. The molecule has 0 aliphatic heterocycles. The van der Waals surface area contributed by atoms with Crippen LogP contribution in [0.2, 0.25) is 0 Å². The number of thiocarbonyl (C=S) groups is 1. The first-order chi connectivity index (χ1) is 8.15. The quantitative estimate of drug-likeness (QED) is 0.788. The Bertz CT molecular complexity index is 390. The summed E-state index contributed by atoms with van der Waals surface area (Å²) in [6.45, 7) is 3.31. The minimum Gasteiger partial charge on any atom is -0.388 e. The molecule has 3 N–H and O–H groups in total. The zero-order valence-corrected chi connectivity index (χ0v) is 11.0. The van der Waals surface area contributed by atoms with Crippen molar-refractivity contribution in [1.29, 1.82) is 0 Å². The summed E-state index contributed by atoms with van der Waals surface area (Å²) in [6.07, 6.45) is 7.10. The maximum Gasteiger partial charge on any atom is 0.122 e. The highest BCUT2D eigenvalue weighted by molar-refractivity contribution is 7.80. The van der Waals surface area contributed by atoms with Crippen molar-refractivity contribution in [2.75, 3.05) is 11.9 Å². The topological polar surface area (TPSA) is 50.9 Å². The van der Waals surface area contributed by atoms with Crippen LogP contribution in [-0.4, -0.2) is 16.5 Å². The minimum atomic E-state index is 0.348. The van der Waals surface area contributed by atoms with E-state index in [9.17, 15) is 0 Å². The van der Waals surface area contributed by atoms with Crippen LogP contribution in [0.25, 0.3) is 0 Å². The summed E-state index contributed by atoms with van der Waals surface area (Å²) >= 11 is 4.87. The summed E-state index contributed by atoms with van der Waals surface area (Å²) in [6, 6.07) is 3.85. The van der Waals surface area contributed by atoms with Gasteiger partial charge in [-0.3, -0.25) is 4.98 Å². The fraction of sp³-hybridized carbons (Fsp3) is 0.538. The highest BCUT2D eigenvalue weighted by Gasteiger charge is 2.34. The zero-order valence-electron chi connectivity index (χ0n) is 10.2. The zero-order chi connectivity index (χ0) is 12.3. The van der Waals surface area contributed by atoms with Gasteiger partial charge in [0.15, 0.2) is 0 Å². The Morgan fingerprint density at radius 3 is 2.71 bits per heavy atom. The number of pyridine rings is 1. The molecule has 1 aliphatic carbocycles. The number of rotatable bonds is 5. The van der Waals surface area contributed by atoms with Gasteiger partial charge in [-0.05, 0) is 36.8 Å². The molecular weight excluding hydrogens is 230 g/mol. The Balaban J connectivity index is 1.93. The van der Waals surface area contributed by atoms with Gasteiger partial charge in [-0.15, -0.1) is 0 Å². The molecule has 0 saturated heterocycles. The van der Waals surface area contributed by atoms with Gasteiger partial charge in [0.05, 0.1) is 17.6 Å². The van der Waals surface area contributed by atoms with Crippen molar-refractivity contribution in [2.24, 2.45) is 11.1 Å². The van der Waals surface area contributed by atoms with E-state index >= 15 is 0 Å². The highest BCUT2D eigenvalue weighted by Crippen LogP contribution is 2.43. The molecule has 17 heavy (non-hydrogen) atoms. The molecule has 1 saturated carbocycles. The van der Waals surface area contributed by atoms with Crippen LogP contribution >= 0.6 is 12.2 Å². The second-order valence-corrected chi connectivity index (χ2v) is 5.30. The number of hydrogen-bond donors (Lipinski definition) is 2. The molecule has 0 unspecified atom stereocenters. The largest absolute Gasteiger partial charge is 0.388 e. The van der Waals surface area contributed by atoms with Crippen molar-refractivity contribution >= 4 is 22.9 Å². The molecule has 1 aromatic rings. The number of anilines is 1. The average Bonchev–Trinajstić information content (AvgIpc) is 2.29. The third kappa shape index (κ3) is 2.75. The number of nitrogens with two attached hydrogens (primary N) is 1. The van der Waals surface area contributed by atoms with Crippen LogP contribution in [0.15, 0.2) is 18.3 Å². The van der Waals surface area contributed by atoms with Crippen LogP contribution < -0.4 is 11.1 Å². The van der Waals surface area contributed by atoms with Crippen LogP contribution in [0.5, 0.6) is 0 Å². The van der Waals surface area contributed by atoms with E-state index < -0.39 is 0 Å². The van der Waals surface area contributed by atoms with Crippen LogP contribution in [0.1, 0.15) is 38.3 Å². The van der Waals surface area contributed by atoms with Crippen LogP contribution in [-0.2, 0) is 0 Å². The van der Waals surface area contributed by atoms with Crippen molar-refractivity contribution in [2.45, 2.75) is 32.6 Å². The standard InChI is InChI=1S/C13H19N3S/c1-2-13(6-3-7-13)9-16-10-4-5-11(12(14)17)15-8-10/h4-5,8,16H,2-3,6-7,9H2,1H3,(H2,14,17). The van der Waals surface area contributed by atoms with Crippen molar-refractivity contribution in [3.63, 3.8) is 0 Å². The van der Waals surface area contributed by atoms with Gasteiger partial charge in [0.25, 0.3) is 0 Å². The molecule has 92 valence electrons. The van der Waals surface area contributed by atoms with Gasteiger partial charge < -0.3 is 11.1 Å². The maximum absolute atomic E-state index is 5.51. The normalized spacial score (nSPS) is 17.2. The van der Waals surface area contributed by atoms with Crippen LogP contribution in [0.4, 0.5) is 5.69 Å². The Morgan fingerprint density at radius 2 is 2.29 bits per heavy atom. The molecule has 0 aromatic carbocycles. The first-order valence-corrected chi connectivity index (χ1v) is 6.56. The van der Waals surface area contributed by atoms with Gasteiger partial charge in [-0.2, -0.15) is 0 Å². The summed E-state index contributed by atoms with van der Waals surface area (Å²) in [5, 5.41) is 3.46. The number of hydrogen-bond acceptors (Lipinski definition) is 3. The lowest BCUT2D eigenvalue weighted by Gasteiger charge is -2.41. The van der Waals surface area contributed by atoms with Crippen LogP contribution in [0, 0.1) is 5.41 Å². The predicted molar refractivity (Wildman–Crippen MR) is 75.2 cm³/mol. The molecule has 0 amide bonds. The fourth-order valence-corrected chi connectivity index (χ4v) is 2.39. The van der Waals surface area contributed by atoms with E-state index in [2.05, 4.69) is 17.2 Å². The summed E-state index contributed by atoms with van der Waals surface area (Å²) in [5.41, 5.74) is 7.75. The lowest BCUT2D eigenvalue weighted by Crippen LogP contribution is -2.35. The number of nitrogens with zero attached hydrogens (tertiary/aromatic N) is 1. The van der Waals surface area contributed by atoms with E-state index in [0.717, 1.165) is 12.2 Å². The van der Waals surface area contributed by atoms with E-state index in [1.807, 2.05) is 12.1 Å². The molecule has 2 rings (SSSR count). The van der Waals surface area contributed by atoms with Gasteiger partial charge in [0.1, 0.15) is 4.99 Å². The maximum atomic E-state index is 5.51. The molecule has 1 aromatic heterocycles. The summed E-state index contributed by atoms with van der Waals surface area (Å²) in [5.74, 6) is 0. The second kappa shape index (κ2) is 5.00. The SMILES string of the molecule is CCC1(CNc2ccc(C(N)=S)nc2)CCC1. The Morgan fingerprint density at radius 1 is 1.53 bits per heavy atom. The van der Waals surface area contributed by atoms with Gasteiger partial charge >= 0.3 is 0 Å². The Kier molecular flexibility index (Phi) is 3.62. The Labute approximate surface area is 108 Å². The van der Waals surface area contributed by atoms with Crippen LogP contribution in [0.3, 0.4) is 0 Å². The molecule has 1 heterocycles. The van der Waals surface area contributed by atoms with E-state index in [1.54, 1.807) is 6.20 Å². The van der Waals surface area contributed by atoms with Crippen molar-refractivity contribution in [3.05, 3.63) is 24.0 Å². The molecular formula is C13H19N3S. The summed E-state index contributed by atoms with van der Waals surface area (Å²) in [4.78, 5) is 4.57. The third-order valence-electron chi connectivity index (χ3n) is 3.85. The first kappa shape index (κ1) is 12.3.